The van der Waals surface area contributed by atoms with Crippen molar-refractivity contribution in [3.63, 3.8) is 0 Å². The van der Waals surface area contributed by atoms with E-state index in [9.17, 15) is 0 Å². The second-order valence-corrected chi connectivity index (χ2v) is 6.58. The van der Waals surface area contributed by atoms with Crippen molar-refractivity contribution in [1.29, 1.82) is 0 Å². The predicted octanol–water partition coefficient (Wildman–Crippen LogP) is 4.37. The molecule has 0 atom stereocenters. The van der Waals surface area contributed by atoms with Crippen molar-refractivity contribution in [3.8, 4) is 11.5 Å². The third-order valence-corrected chi connectivity index (χ3v) is 4.31. The fourth-order valence-electron chi connectivity index (χ4n) is 2.86. The molecule has 7 nitrogen and oxygen atoms in total. The molecule has 1 aromatic heterocycles. The van der Waals surface area contributed by atoms with Crippen LogP contribution in [0.1, 0.15) is 30.9 Å². The molecule has 0 saturated heterocycles. The number of nitrogens with one attached hydrogen (secondary N) is 2. The van der Waals surface area contributed by atoms with E-state index in [0.717, 1.165) is 11.3 Å². The van der Waals surface area contributed by atoms with Crippen LogP contribution in [0.5, 0.6) is 11.5 Å². The van der Waals surface area contributed by atoms with Crippen LogP contribution in [-0.2, 0) is 6.54 Å². The number of para-hydroxylation sites is 1. The zero-order valence-electron chi connectivity index (χ0n) is 16.6. The van der Waals surface area contributed by atoms with Crippen LogP contribution < -0.4 is 20.1 Å². The first-order chi connectivity index (χ1) is 13.6. The quantitative estimate of drug-likeness (QED) is 0.601. The van der Waals surface area contributed by atoms with Gasteiger partial charge in [0.2, 0.25) is 5.95 Å². The predicted molar refractivity (Wildman–Crippen MR) is 111 cm³/mol. The molecule has 0 saturated carbocycles. The maximum atomic E-state index is 5.34. The molecule has 7 heteroatoms. The standard InChI is InChI=1S/C21H25N5O2/c1-14(2)16-7-5-6-8-17(16)24-21-25-20(13-23-26-21)22-12-15-9-10-18(27-3)19(11-15)28-4/h5-11,13-14H,12H2,1-4H3,(H2,22,24,25,26). The first-order valence-electron chi connectivity index (χ1n) is 9.11. The normalized spacial score (nSPS) is 10.6. The van der Waals surface area contributed by atoms with Crippen LogP contribution in [-0.4, -0.2) is 29.4 Å². The Morgan fingerprint density at radius 2 is 1.79 bits per heavy atom. The number of hydrogen-bond acceptors (Lipinski definition) is 7. The molecular formula is C21H25N5O2. The maximum Gasteiger partial charge on any atom is 0.249 e. The zero-order valence-corrected chi connectivity index (χ0v) is 16.6. The third-order valence-electron chi connectivity index (χ3n) is 4.31. The van der Waals surface area contributed by atoms with Crippen molar-refractivity contribution in [2.75, 3.05) is 24.9 Å². The molecule has 2 aromatic carbocycles. The first kappa shape index (κ1) is 19.4. The molecule has 3 rings (SSSR count). The molecule has 0 spiro atoms. The van der Waals surface area contributed by atoms with Gasteiger partial charge in [0.15, 0.2) is 17.3 Å². The van der Waals surface area contributed by atoms with Gasteiger partial charge in [-0.05, 0) is 35.2 Å². The van der Waals surface area contributed by atoms with Gasteiger partial charge >= 0.3 is 0 Å². The molecule has 0 bridgehead atoms. The molecule has 0 aliphatic heterocycles. The largest absolute Gasteiger partial charge is 0.493 e. The summed E-state index contributed by atoms with van der Waals surface area (Å²) >= 11 is 0. The monoisotopic (exact) mass is 379 g/mol. The van der Waals surface area contributed by atoms with E-state index in [0.29, 0.717) is 35.7 Å². The summed E-state index contributed by atoms with van der Waals surface area (Å²) in [6.45, 7) is 4.88. The first-order valence-corrected chi connectivity index (χ1v) is 9.11. The SMILES string of the molecule is COc1ccc(CNc2cnnc(Nc3ccccc3C(C)C)n2)cc1OC. The lowest BCUT2D eigenvalue weighted by Crippen LogP contribution is -2.07. The summed E-state index contributed by atoms with van der Waals surface area (Å²) in [4.78, 5) is 4.51. The van der Waals surface area contributed by atoms with E-state index >= 15 is 0 Å². The molecule has 0 radical (unpaired) electrons. The third kappa shape index (κ3) is 4.68. The van der Waals surface area contributed by atoms with Gasteiger partial charge in [0, 0.05) is 12.2 Å². The Morgan fingerprint density at radius 1 is 1.00 bits per heavy atom. The van der Waals surface area contributed by atoms with Gasteiger partial charge in [-0.1, -0.05) is 38.1 Å². The molecule has 0 amide bonds. The summed E-state index contributed by atoms with van der Waals surface area (Å²) in [7, 11) is 3.24. The van der Waals surface area contributed by atoms with Gasteiger partial charge in [-0.2, -0.15) is 10.1 Å². The Hall–Kier alpha value is -3.35. The molecular weight excluding hydrogens is 354 g/mol. The van der Waals surface area contributed by atoms with Crippen LogP contribution in [0.3, 0.4) is 0 Å². The summed E-state index contributed by atoms with van der Waals surface area (Å²) in [6, 6.07) is 13.9. The lowest BCUT2D eigenvalue weighted by atomic mass is 10.0. The van der Waals surface area contributed by atoms with Crippen LogP contribution in [0.15, 0.2) is 48.7 Å². The van der Waals surface area contributed by atoms with Gasteiger partial charge in [-0.25, -0.2) is 0 Å². The summed E-state index contributed by atoms with van der Waals surface area (Å²) < 4.78 is 10.6. The summed E-state index contributed by atoms with van der Waals surface area (Å²) in [5.74, 6) is 2.86. The fourth-order valence-corrected chi connectivity index (χ4v) is 2.86. The van der Waals surface area contributed by atoms with Gasteiger partial charge in [-0.15, -0.1) is 5.10 Å². The van der Waals surface area contributed by atoms with Gasteiger partial charge in [-0.3, -0.25) is 0 Å². The zero-order chi connectivity index (χ0) is 19.9. The van der Waals surface area contributed by atoms with E-state index in [2.05, 4.69) is 45.7 Å². The van der Waals surface area contributed by atoms with E-state index < -0.39 is 0 Å². The van der Waals surface area contributed by atoms with Crippen LogP contribution in [0.25, 0.3) is 0 Å². The minimum atomic E-state index is 0.392. The van der Waals surface area contributed by atoms with E-state index in [1.54, 1.807) is 20.4 Å². The number of nitrogens with zero attached hydrogens (tertiary/aromatic N) is 3. The Labute approximate surface area is 165 Å². The van der Waals surface area contributed by atoms with E-state index in [-0.39, 0.29) is 0 Å². The highest BCUT2D eigenvalue weighted by molar-refractivity contribution is 5.60. The summed E-state index contributed by atoms with van der Waals surface area (Å²) in [5, 5.41) is 14.7. The molecule has 1 heterocycles. The average molecular weight is 379 g/mol. The Bertz CT molecular complexity index is 930. The number of hydrogen-bond donors (Lipinski definition) is 2. The molecule has 146 valence electrons. The summed E-state index contributed by atoms with van der Waals surface area (Å²) in [5.41, 5.74) is 3.22. The molecule has 0 fully saturated rings. The summed E-state index contributed by atoms with van der Waals surface area (Å²) in [6.07, 6.45) is 1.60. The number of rotatable bonds is 8. The maximum absolute atomic E-state index is 5.34. The van der Waals surface area contributed by atoms with Crippen molar-refractivity contribution >= 4 is 17.5 Å². The molecule has 3 aromatic rings. The van der Waals surface area contributed by atoms with E-state index in [1.165, 1.54) is 5.56 Å². The average Bonchev–Trinajstić information content (AvgIpc) is 2.72. The minimum Gasteiger partial charge on any atom is -0.493 e. The highest BCUT2D eigenvalue weighted by Crippen LogP contribution is 2.28. The second-order valence-electron chi connectivity index (χ2n) is 6.58. The van der Waals surface area contributed by atoms with Gasteiger partial charge in [0.1, 0.15) is 0 Å². The van der Waals surface area contributed by atoms with Crippen molar-refractivity contribution in [2.45, 2.75) is 26.3 Å². The number of ether oxygens (including phenoxy) is 2. The van der Waals surface area contributed by atoms with Crippen molar-refractivity contribution in [1.82, 2.24) is 15.2 Å². The molecule has 0 aliphatic rings. The topological polar surface area (TPSA) is 81.2 Å². The molecule has 2 N–H and O–H groups in total. The van der Waals surface area contributed by atoms with Gasteiger partial charge in [0.25, 0.3) is 0 Å². The highest BCUT2D eigenvalue weighted by atomic mass is 16.5. The lowest BCUT2D eigenvalue weighted by Gasteiger charge is -2.14. The van der Waals surface area contributed by atoms with Crippen LogP contribution in [0, 0.1) is 0 Å². The van der Waals surface area contributed by atoms with Crippen molar-refractivity contribution in [2.24, 2.45) is 0 Å². The van der Waals surface area contributed by atoms with E-state index in [4.69, 9.17) is 9.47 Å². The van der Waals surface area contributed by atoms with Crippen molar-refractivity contribution < 1.29 is 9.47 Å². The number of benzene rings is 2. The van der Waals surface area contributed by atoms with Crippen LogP contribution >= 0.6 is 0 Å². The fraction of sp³-hybridized carbons (Fsp3) is 0.286. The second kappa shape index (κ2) is 9.03. The van der Waals surface area contributed by atoms with E-state index in [1.807, 2.05) is 36.4 Å². The Morgan fingerprint density at radius 3 is 2.54 bits per heavy atom. The molecule has 28 heavy (non-hydrogen) atoms. The lowest BCUT2D eigenvalue weighted by molar-refractivity contribution is 0.354. The molecule has 0 unspecified atom stereocenters. The smallest absolute Gasteiger partial charge is 0.249 e. The van der Waals surface area contributed by atoms with Gasteiger partial charge in [0.05, 0.1) is 20.4 Å². The Balaban J connectivity index is 1.71. The molecule has 0 aliphatic carbocycles. The highest BCUT2D eigenvalue weighted by Gasteiger charge is 2.09. The number of aromatic nitrogens is 3. The number of methoxy groups -OCH3 is 2. The van der Waals surface area contributed by atoms with Crippen LogP contribution in [0.2, 0.25) is 0 Å². The van der Waals surface area contributed by atoms with Crippen LogP contribution in [0.4, 0.5) is 17.5 Å². The number of anilines is 3. The Kier molecular flexibility index (Phi) is 6.26. The van der Waals surface area contributed by atoms with Crippen molar-refractivity contribution in [3.05, 3.63) is 59.8 Å². The van der Waals surface area contributed by atoms with Gasteiger partial charge < -0.3 is 20.1 Å². The minimum absolute atomic E-state index is 0.392.